The molecular formula is C10H10O2. The third kappa shape index (κ3) is 2.58. The number of rotatable bonds is 3. The molecule has 0 spiro atoms. The average Bonchev–Trinajstić information content (AvgIpc) is 2.17. The molecule has 0 aliphatic heterocycles. The van der Waals surface area contributed by atoms with Crippen molar-refractivity contribution in [1.29, 1.82) is 0 Å². The molecule has 1 rings (SSSR count). The summed E-state index contributed by atoms with van der Waals surface area (Å²) < 4.78 is 11.5. The molecule has 0 aliphatic carbocycles. The highest BCUT2D eigenvalue weighted by atomic mass is 16.5. The van der Waals surface area contributed by atoms with Crippen LogP contribution in [0.5, 0.6) is 0 Å². The third-order valence-electron chi connectivity index (χ3n) is 1.36. The van der Waals surface area contributed by atoms with Crippen LogP contribution in [-0.2, 0) is 16.1 Å². The molecule has 0 heterocycles. The maximum absolute atomic E-state index is 10.8. The molecule has 2 heteroatoms. The molecule has 0 amide bonds. The second-order valence-electron chi connectivity index (χ2n) is 2.26. The summed E-state index contributed by atoms with van der Waals surface area (Å²) in [5, 5.41) is 0. The van der Waals surface area contributed by atoms with Gasteiger partial charge in [0.1, 0.15) is 6.61 Å². The van der Waals surface area contributed by atoms with E-state index in [0.717, 1.165) is 18.2 Å². The zero-order valence-electron chi connectivity index (χ0n) is 7.57. The Hall–Kier alpha value is -1.57. The highest BCUT2D eigenvalue weighted by Gasteiger charge is 1.95. The molecular weight excluding hydrogens is 152 g/mol. The minimum atomic E-state index is -0.487. The van der Waals surface area contributed by atoms with Gasteiger partial charge in [0.25, 0.3) is 0 Å². The number of ether oxygens (including phenoxy) is 1. The molecule has 0 N–H and O–H groups in total. The van der Waals surface area contributed by atoms with Crippen LogP contribution in [0.15, 0.2) is 43.0 Å². The molecule has 0 fully saturated rings. The van der Waals surface area contributed by atoms with E-state index in [1.165, 1.54) is 0 Å². The number of esters is 1. The fourth-order valence-corrected chi connectivity index (χ4v) is 0.777. The Morgan fingerprint density at radius 3 is 3.00 bits per heavy atom. The van der Waals surface area contributed by atoms with Gasteiger partial charge in [-0.3, -0.25) is 0 Å². The fourth-order valence-electron chi connectivity index (χ4n) is 0.777. The van der Waals surface area contributed by atoms with Crippen molar-refractivity contribution < 1.29 is 10.9 Å². The van der Waals surface area contributed by atoms with Crippen LogP contribution in [0.3, 0.4) is 0 Å². The van der Waals surface area contributed by atoms with Crippen molar-refractivity contribution in [2.24, 2.45) is 0 Å². The van der Waals surface area contributed by atoms with Crippen molar-refractivity contribution in [2.75, 3.05) is 0 Å². The van der Waals surface area contributed by atoms with E-state index in [4.69, 9.17) is 6.11 Å². The molecule has 0 radical (unpaired) electrons. The van der Waals surface area contributed by atoms with Crippen molar-refractivity contribution in [3.63, 3.8) is 0 Å². The van der Waals surface area contributed by atoms with Gasteiger partial charge in [0.2, 0.25) is 0 Å². The molecule has 12 heavy (non-hydrogen) atoms. The lowest BCUT2D eigenvalue weighted by Crippen LogP contribution is -1.99. The molecule has 0 bridgehead atoms. The summed E-state index contributed by atoms with van der Waals surface area (Å²) in [6, 6.07) is 9.40. The number of hydrogen-bond acceptors (Lipinski definition) is 2. The fraction of sp³-hybridized carbons (Fsp3) is 0.100. The van der Waals surface area contributed by atoms with E-state index in [2.05, 4.69) is 0 Å². The summed E-state index contributed by atoms with van der Waals surface area (Å²) >= 11 is 0. The molecule has 0 saturated carbocycles. The highest BCUT2D eigenvalue weighted by molar-refractivity contribution is 5.81. The van der Waals surface area contributed by atoms with Gasteiger partial charge in [-0.1, -0.05) is 36.9 Å². The number of hydrogen-bond donors (Lipinski definition) is 0. The zero-order valence-corrected chi connectivity index (χ0v) is 6.57. The molecule has 1 aromatic rings. The van der Waals surface area contributed by atoms with Crippen molar-refractivity contribution in [2.45, 2.75) is 6.61 Å². The van der Waals surface area contributed by atoms with Gasteiger partial charge in [0.05, 0.1) is 1.37 Å². The Morgan fingerprint density at radius 1 is 1.58 bits per heavy atom. The third-order valence-corrected chi connectivity index (χ3v) is 1.36. The molecule has 0 atom stereocenters. The summed E-state index contributed by atoms with van der Waals surface area (Å²) in [7, 11) is 0. The van der Waals surface area contributed by atoms with Gasteiger partial charge in [-0.15, -0.1) is 0 Å². The first-order valence-electron chi connectivity index (χ1n) is 4.16. The Labute approximate surface area is 72.9 Å². The van der Waals surface area contributed by atoms with E-state index in [-0.39, 0.29) is 6.61 Å². The van der Waals surface area contributed by atoms with Gasteiger partial charge in [-0.05, 0) is 5.56 Å². The average molecular weight is 164 g/mol. The quantitative estimate of drug-likeness (QED) is 0.504. The van der Waals surface area contributed by atoms with Gasteiger partial charge >= 0.3 is 5.97 Å². The van der Waals surface area contributed by atoms with Crippen LogP contribution in [0.25, 0.3) is 0 Å². The van der Waals surface area contributed by atoms with Crippen LogP contribution in [0.1, 0.15) is 6.93 Å². The summed E-state index contributed by atoms with van der Waals surface area (Å²) in [4.78, 5) is 10.8. The Balaban J connectivity index is 2.40. The number of carbonyl (C=O) groups excluding carboxylic acids is 1. The van der Waals surface area contributed by atoms with Gasteiger partial charge in [0, 0.05) is 6.08 Å². The SMILES string of the molecule is [3H]C=CC(=O)OCc1ccccc1. The number of carbonyl (C=O) groups is 1. The molecule has 0 aliphatic rings. The van der Waals surface area contributed by atoms with Crippen LogP contribution in [0.2, 0.25) is 0 Å². The van der Waals surface area contributed by atoms with Crippen LogP contribution in [-0.4, -0.2) is 5.97 Å². The molecule has 0 saturated heterocycles. The minimum Gasteiger partial charge on any atom is -0.458 e. The van der Waals surface area contributed by atoms with E-state index in [1.807, 2.05) is 30.3 Å². The zero-order chi connectivity index (χ0) is 9.52. The van der Waals surface area contributed by atoms with Crippen LogP contribution in [0, 0.1) is 0 Å². The van der Waals surface area contributed by atoms with E-state index in [1.54, 1.807) is 0 Å². The van der Waals surface area contributed by atoms with Gasteiger partial charge < -0.3 is 4.74 Å². The first-order chi connectivity index (χ1) is 6.33. The molecule has 1 aromatic carbocycles. The second-order valence-corrected chi connectivity index (χ2v) is 2.26. The first kappa shape index (κ1) is 7.10. The van der Waals surface area contributed by atoms with Crippen LogP contribution in [0.4, 0.5) is 0 Å². The van der Waals surface area contributed by atoms with Crippen molar-refractivity contribution in [3.8, 4) is 0 Å². The van der Waals surface area contributed by atoms with Gasteiger partial charge in [0.15, 0.2) is 0 Å². The van der Waals surface area contributed by atoms with E-state index in [0.29, 0.717) is 0 Å². The summed E-state index contributed by atoms with van der Waals surface area (Å²) in [6.07, 6.45) is 1.07. The smallest absolute Gasteiger partial charge is 0.330 e. The van der Waals surface area contributed by atoms with Gasteiger partial charge in [-0.25, -0.2) is 4.79 Å². The summed E-state index contributed by atoms with van der Waals surface area (Å²) in [5.41, 5.74) is 0.939. The summed E-state index contributed by atoms with van der Waals surface area (Å²) in [6.45, 7) is 1.16. The van der Waals surface area contributed by atoms with E-state index < -0.39 is 5.97 Å². The first-order valence-corrected chi connectivity index (χ1v) is 3.58. The Kier molecular flexibility index (Phi) is 2.57. The molecule has 2 nitrogen and oxygen atoms in total. The lowest BCUT2D eigenvalue weighted by molar-refractivity contribution is -0.138. The topological polar surface area (TPSA) is 26.3 Å². The Bertz CT molecular complexity index is 293. The van der Waals surface area contributed by atoms with E-state index in [9.17, 15) is 4.79 Å². The predicted molar refractivity (Wildman–Crippen MR) is 46.4 cm³/mol. The maximum atomic E-state index is 10.8. The predicted octanol–water partition coefficient (Wildman–Crippen LogP) is 1.92. The van der Waals surface area contributed by atoms with Crippen LogP contribution < -0.4 is 0 Å². The lowest BCUT2D eigenvalue weighted by atomic mass is 10.2. The van der Waals surface area contributed by atoms with E-state index >= 15 is 0 Å². The van der Waals surface area contributed by atoms with Gasteiger partial charge in [-0.2, -0.15) is 0 Å². The van der Waals surface area contributed by atoms with Crippen molar-refractivity contribution in [1.82, 2.24) is 0 Å². The second kappa shape index (κ2) is 4.34. The normalized spacial score (nSPS) is 11.2. The van der Waals surface area contributed by atoms with Crippen molar-refractivity contribution in [3.05, 3.63) is 48.5 Å². The largest absolute Gasteiger partial charge is 0.458 e. The molecule has 62 valence electrons. The molecule has 0 aromatic heterocycles. The van der Waals surface area contributed by atoms with Crippen LogP contribution >= 0.6 is 0 Å². The maximum Gasteiger partial charge on any atom is 0.330 e. The Morgan fingerprint density at radius 2 is 2.33 bits per heavy atom. The monoisotopic (exact) mass is 164 g/mol. The number of benzene rings is 1. The standard InChI is InChI=1S/C10H10O2/c1-2-10(11)12-8-9-6-4-3-5-7-9/h2-7H,1,8H2/i1T. The highest BCUT2D eigenvalue weighted by Crippen LogP contribution is 2.00. The lowest BCUT2D eigenvalue weighted by Gasteiger charge is -2.00. The molecule has 0 unspecified atom stereocenters. The van der Waals surface area contributed by atoms with Crippen molar-refractivity contribution >= 4 is 5.97 Å². The minimum absolute atomic E-state index is 0.254. The summed E-state index contributed by atoms with van der Waals surface area (Å²) in [5.74, 6) is -0.487.